The molecule has 2 fully saturated rings. The fourth-order valence-electron chi connectivity index (χ4n) is 5.40. The van der Waals surface area contributed by atoms with Gasteiger partial charge in [0, 0.05) is 43.9 Å². The van der Waals surface area contributed by atoms with E-state index in [1.165, 1.54) is 12.3 Å². The predicted octanol–water partition coefficient (Wildman–Crippen LogP) is 3.76. The van der Waals surface area contributed by atoms with E-state index in [9.17, 15) is 18.5 Å². The van der Waals surface area contributed by atoms with Crippen molar-refractivity contribution in [3.8, 4) is 23.4 Å². The van der Waals surface area contributed by atoms with Gasteiger partial charge in [-0.2, -0.15) is 5.26 Å². The molecule has 0 bridgehead atoms. The van der Waals surface area contributed by atoms with Crippen LogP contribution in [0.1, 0.15) is 41.6 Å². The van der Waals surface area contributed by atoms with Crippen LogP contribution in [0.2, 0.25) is 0 Å². The number of piperidine rings is 1. The first-order valence-electron chi connectivity index (χ1n) is 14.1. The lowest BCUT2D eigenvalue weighted by Gasteiger charge is -2.39. The van der Waals surface area contributed by atoms with Gasteiger partial charge in [0.25, 0.3) is 15.9 Å². The highest BCUT2D eigenvalue weighted by molar-refractivity contribution is 7.90. The summed E-state index contributed by atoms with van der Waals surface area (Å²) < 4.78 is 45.8. The van der Waals surface area contributed by atoms with Crippen LogP contribution in [0, 0.1) is 11.3 Å². The van der Waals surface area contributed by atoms with Crippen LogP contribution in [0.4, 0.5) is 0 Å². The van der Waals surface area contributed by atoms with E-state index in [2.05, 4.69) is 24.6 Å². The maximum absolute atomic E-state index is 13.2. The van der Waals surface area contributed by atoms with Crippen LogP contribution in [0.5, 0.6) is 17.4 Å². The third kappa shape index (κ3) is 6.46. The lowest BCUT2D eigenvalue weighted by Crippen LogP contribution is -2.46. The number of ether oxygens (including phenoxy) is 3. The molecule has 1 aromatic carbocycles. The molecule has 1 amide bonds. The molecule has 2 aliphatic rings. The van der Waals surface area contributed by atoms with E-state index in [1.54, 1.807) is 30.5 Å². The van der Waals surface area contributed by atoms with Gasteiger partial charge in [-0.1, -0.05) is 12.1 Å². The van der Waals surface area contributed by atoms with Crippen LogP contribution >= 0.6 is 0 Å². The zero-order valence-corrected chi connectivity index (χ0v) is 24.0. The number of carbonyl (C=O) groups excluding carboxylic acids is 1. The second kappa shape index (κ2) is 12.4. The Morgan fingerprint density at radius 3 is 2.65 bits per heavy atom. The highest BCUT2D eigenvalue weighted by atomic mass is 32.2. The summed E-state index contributed by atoms with van der Waals surface area (Å²) in [5.41, 5.74) is 0.654. The summed E-state index contributed by atoms with van der Waals surface area (Å²) in [6, 6.07) is 13.5. The molecule has 13 heteroatoms. The van der Waals surface area contributed by atoms with Gasteiger partial charge in [0.15, 0.2) is 0 Å². The van der Waals surface area contributed by atoms with Gasteiger partial charge in [0.05, 0.1) is 18.0 Å². The molecule has 12 nitrogen and oxygen atoms in total. The summed E-state index contributed by atoms with van der Waals surface area (Å²) in [7, 11) is -4.38. The van der Waals surface area contributed by atoms with Crippen molar-refractivity contribution in [3.05, 3.63) is 72.2 Å². The first-order valence-corrected chi connectivity index (χ1v) is 15.5. The first-order chi connectivity index (χ1) is 20.9. The molecule has 4 aromatic rings. The predicted molar refractivity (Wildman–Crippen MR) is 155 cm³/mol. The number of nitrogens with one attached hydrogen (secondary N) is 2. The first kappa shape index (κ1) is 28.6. The maximum Gasteiger partial charge on any atom is 0.268 e. The summed E-state index contributed by atoms with van der Waals surface area (Å²) in [6.07, 6.45) is 7.80. The van der Waals surface area contributed by atoms with E-state index in [4.69, 9.17) is 14.2 Å². The number of para-hydroxylation sites is 1. The van der Waals surface area contributed by atoms with Crippen LogP contribution in [-0.2, 0) is 14.8 Å². The number of benzene rings is 1. The van der Waals surface area contributed by atoms with E-state index in [1.807, 2.05) is 12.1 Å². The average Bonchev–Trinajstić information content (AvgIpc) is 3.50. The number of nitrogens with zero attached hydrogens (tertiary/aromatic N) is 4. The number of likely N-dealkylation sites (tertiary alicyclic amines) is 1. The Bertz CT molecular complexity index is 1770. The molecule has 0 spiro atoms. The van der Waals surface area contributed by atoms with E-state index in [0.717, 1.165) is 69.6 Å². The topological polar surface area (TPSA) is 160 Å². The van der Waals surface area contributed by atoms with Gasteiger partial charge >= 0.3 is 0 Å². The molecule has 2 N–H and O–H groups in total. The Balaban J connectivity index is 1.12. The Kier molecular flexibility index (Phi) is 8.24. The van der Waals surface area contributed by atoms with E-state index in [-0.39, 0.29) is 33.8 Å². The van der Waals surface area contributed by atoms with Gasteiger partial charge < -0.3 is 19.2 Å². The molecule has 0 radical (unpaired) electrons. The van der Waals surface area contributed by atoms with Crippen molar-refractivity contribution in [2.45, 2.75) is 42.7 Å². The molecule has 3 aromatic heterocycles. The number of amides is 1. The molecule has 0 unspecified atom stereocenters. The van der Waals surface area contributed by atoms with Gasteiger partial charge in [-0.15, -0.1) is 0 Å². The number of fused-ring (bicyclic) bond motifs is 1. The summed E-state index contributed by atoms with van der Waals surface area (Å²) in [4.78, 5) is 26.7. The Labute approximate surface area is 248 Å². The number of sulfonamides is 1. The largest absolute Gasteiger partial charge is 0.473 e. The van der Waals surface area contributed by atoms with Crippen molar-refractivity contribution < 1.29 is 27.4 Å². The highest BCUT2D eigenvalue weighted by Gasteiger charge is 2.29. The fourth-order valence-corrected chi connectivity index (χ4v) is 6.34. The molecule has 0 atom stereocenters. The number of H-pyrrole nitrogens is 1. The molecule has 0 aliphatic carbocycles. The summed E-state index contributed by atoms with van der Waals surface area (Å²) in [5, 5.41) is 10.6. The van der Waals surface area contributed by atoms with Crippen LogP contribution < -0.4 is 14.2 Å². The fraction of sp³-hybridized carbons (Fsp3) is 0.333. The minimum absolute atomic E-state index is 0.000699. The highest BCUT2D eigenvalue weighted by Crippen LogP contribution is 2.28. The molecule has 6 rings (SSSR count). The lowest BCUT2D eigenvalue weighted by molar-refractivity contribution is 0.00941. The Hall–Kier alpha value is -4.51. The quantitative estimate of drug-likeness (QED) is 0.304. The van der Waals surface area contributed by atoms with Crippen molar-refractivity contribution >= 4 is 27.0 Å². The van der Waals surface area contributed by atoms with Crippen molar-refractivity contribution in [2.24, 2.45) is 0 Å². The normalized spacial score (nSPS) is 16.9. The Morgan fingerprint density at radius 2 is 1.86 bits per heavy atom. The second-order valence-corrected chi connectivity index (χ2v) is 12.1. The molecule has 0 saturated carbocycles. The lowest BCUT2D eigenvalue weighted by atomic mass is 10.0. The molecule has 2 saturated heterocycles. The standard InChI is InChI=1S/C30H30N6O6S/c31-17-21-16-25(19-34-30(21)42-23-6-11-36(12-7-23)22-8-13-40-14-9-22)43(38,39)35-29(37)26-3-1-2-4-27(26)41-24-15-20-5-10-32-28(20)33-18-24/h1-5,10,15-16,18-19,22-23H,6-9,11-14H2,(H,32,33)(H,35,37). The monoisotopic (exact) mass is 602 g/mol. The maximum atomic E-state index is 13.2. The van der Waals surface area contributed by atoms with E-state index in [0.29, 0.717) is 17.4 Å². The van der Waals surface area contributed by atoms with E-state index >= 15 is 0 Å². The van der Waals surface area contributed by atoms with Crippen molar-refractivity contribution in [2.75, 3.05) is 26.3 Å². The molecule has 5 heterocycles. The number of hydrogen-bond donors (Lipinski definition) is 2. The van der Waals surface area contributed by atoms with Gasteiger partial charge in [-0.25, -0.2) is 23.1 Å². The average molecular weight is 603 g/mol. The van der Waals surface area contributed by atoms with Crippen LogP contribution in [0.25, 0.3) is 11.0 Å². The van der Waals surface area contributed by atoms with Crippen LogP contribution in [0.3, 0.4) is 0 Å². The zero-order valence-electron chi connectivity index (χ0n) is 23.2. The molecule has 2 aliphatic heterocycles. The van der Waals surface area contributed by atoms with Gasteiger partial charge in [0.1, 0.15) is 39.8 Å². The van der Waals surface area contributed by atoms with Crippen LogP contribution in [0.15, 0.2) is 66.0 Å². The molecular weight excluding hydrogens is 572 g/mol. The number of aromatic nitrogens is 3. The molecule has 43 heavy (non-hydrogen) atoms. The van der Waals surface area contributed by atoms with Crippen LogP contribution in [-0.4, -0.2) is 72.6 Å². The molecular formula is C30H30N6O6S. The van der Waals surface area contributed by atoms with Gasteiger partial charge in [-0.3, -0.25) is 9.69 Å². The third-order valence-corrected chi connectivity index (χ3v) is 8.98. The summed E-state index contributed by atoms with van der Waals surface area (Å²) in [5.74, 6) is -0.303. The van der Waals surface area contributed by atoms with Gasteiger partial charge in [-0.05, 0) is 56.0 Å². The Morgan fingerprint density at radius 1 is 1.07 bits per heavy atom. The molecule has 222 valence electrons. The van der Waals surface area contributed by atoms with Gasteiger partial charge in [0.2, 0.25) is 5.88 Å². The summed E-state index contributed by atoms with van der Waals surface area (Å²) in [6.45, 7) is 3.32. The number of rotatable bonds is 8. The second-order valence-electron chi connectivity index (χ2n) is 10.5. The number of carbonyl (C=O) groups is 1. The van der Waals surface area contributed by atoms with Crippen molar-refractivity contribution in [3.63, 3.8) is 0 Å². The minimum Gasteiger partial charge on any atom is -0.473 e. The number of hydrogen-bond acceptors (Lipinski definition) is 10. The number of pyridine rings is 2. The SMILES string of the molecule is N#Cc1cc(S(=O)(=O)NC(=O)c2ccccc2Oc2cnc3[nH]ccc3c2)cnc1OC1CCN(C2CCOCC2)CC1. The summed E-state index contributed by atoms with van der Waals surface area (Å²) >= 11 is 0. The van der Waals surface area contributed by atoms with Crippen molar-refractivity contribution in [1.29, 1.82) is 5.26 Å². The zero-order chi connectivity index (χ0) is 29.8. The number of nitriles is 1. The number of aromatic amines is 1. The van der Waals surface area contributed by atoms with E-state index < -0.39 is 15.9 Å². The third-order valence-electron chi connectivity index (χ3n) is 7.68. The minimum atomic E-state index is -4.38. The van der Waals surface area contributed by atoms with Crippen molar-refractivity contribution in [1.82, 2.24) is 24.6 Å². The smallest absolute Gasteiger partial charge is 0.268 e.